The molecule has 0 radical (unpaired) electrons. The third-order valence-corrected chi connectivity index (χ3v) is 3.21. The Balaban J connectivity index is 1.72. The second kappa shape index (κ2) is 7.22. The second-order valence-corrected chi connectivity index (χ2v) is 4.79. The van der Waals surface area contributed by atoms with Gasteiger partial charge in [0.05, 0.1) is 7.11 Å². The normalized spacial score (nSPS) is 10.8. The zero-order valence-electron chi connectivity index (χ0n) is 12.6. The summed E-state index contributed by atoms with van der Waals surface area (Å²) < 4.78 is 11.2. The molecular formula is C17H16N4O2. The second-order valence-electron chi connectivity index (χ2n) is 4.79. The van der Waals surface area contributed by atoms with Crippen LogP contribution in [0.15, 0.2) is 48.5 Å². The summed E-state index contributed by atoms with van der Waals surface area (Å²) in [5.41, 5.74) is 2.06. The molecule has 116 valence electrons. The van der Waals surface area contributed by atoms with Crippen LogP contribution in [-0.4, -0.2) is 27.7 Å². The summed E-state index contributed by atoms with van der Waals surface area (Å²) in [6.45, 7) is 0.495. The Morgan fingerprint density at radius 3 is 2.65 bits per heavy atom. The summed E-state index contributed by atoms with van der Waals surface area (Å²) in [5.74, 6) is 1.90. The Labute approximate surface area is 133 Å². The van der Waals surface area contributed by atoms with E-state index in [1.807, 2.05) is 54.6 Å². The van der Waals surface area contributed by atoms with Crippen LogP contribution in [0.2, 0.25) is 0 Å². The predicted molar refractivity (Wildman–Crippen MR) is 86.9 cm³/mol. The summed E-state index contributed by atoms with van der Waals surface area (Å²) in [6.07, 6.45) is 3.65. The largest absolute Gasteiger partial charge is 0.493 e. The number of aromatic amines is 1. The highest BCUT2D eigenvalue weighted by Crippen LogP contribution is 2.29. The fourth-order valence-electron chi connectivity index (χ4n) is 2.05. The molecule has 0 bridgehead atoms. The molecule has 1 aromatic heterocycles. The molecule has 0 unspecified atom stereocenters. The molecule has 0 aliphatic heterocycles. The van der Waals surface area contributed by atoms with Gasteiger partial charge in [-0.15, -0.1) is 10.2 Å². The zero-order chi connectivity index (χ0) is 15.9. The third kappa shape index (κ3) is 3.94. The van der Waals surface area contributed by atoms with Crippen molar-refractivity contribution in [3.8, 4) is 11.5 Å². The predicted octanol–water partition coefficient (Wildman–Crippen LogP) is 2.96. The SMILES string of the molecule is COc1cc(/C=C/c2nn[nH]n2)ccc1OCc1ccccc1. The van der Waals surface area contributed by atoms with Crippen molar-refractivity contribution in [3.63, 3.8) is 0 Å². The number of hydrogen-bond donors (Lipinski definition) is 1. The molecule has 1 heterocycles. The highest BCUT2D eigenvalue weighted by Gasteiger charge is 2.05. The zero-order valence-corrected chi connectivity index (χ0v) is 12.6. The van der Waals surface area contributed by atoms with E-state index in [0.29, 0.717) is 23.9 Å². The first-order chi connectivity index (χ1) is 11.3. The van der Waals surface area contributed by atoms with Gasteiger partial charge in [-0.2, -0.15) is 5.21 Å². The number of benzene rings is 2. The van der Waals surface area contributed by atoms with Crippen LogP contribution in [0.1, 0.15) is 17.0 Å². The lowest BCUT2D eigenvalue weighted by Crippen LogP contribution is -1.97. The molecule has 0 fully saturated rings. The molecule has 0 amide bonds. The van der Waals surface area contributed by atoms with Crippen LogP contribution in [0.4, 0.5) is 0 Å². The van der Waals surface area contributed by atoms with E-state index in [4.69, 9.17) is 9.47 Å². The Hall–Kier alpha value is -3.15. The van der Waals surface area contributed by atoms with Crippen molar-refractivity contribution in [2.45, 2.75) is 6.61 Å². The van der Waals surface area contributed by atoms with Crippen LogP contribution < -0.4 is 9.47 Å². The van der Waals surface area contributed by atoms with Crippen molar-refractivity contribution in [1.29, 1.82) is 0 Å². The minimum absolute atomic E-state index is 0.495. The van der Waals surface area contributed by atoms with Gasteiger partial charge in [0, 0.05) is 0 Å². The topological polar surface area (TPSA) is 72.9 Å². The van der Waals surface area contributed by atoms with E-state index >= 15 is 0 Å². The lowest BCUT2D eigenvalue weighted by molar-refractivity contribution is 0.284. The van der Waals surface area contributed by atoms with Crippen molar-refractivity contribution in [2.75, 3.05) is 7.11 Å². The number of H-pyrrole nitrogens is 1. The smallest absolute Gasteiger partial charge is 0.197 e. The number of methoxy groups -OCH3 is 1. The number of hydrogen-bond acceptors (Lipinski definition) is 5. The highest BCUT2D eigenvalue weighted by molar-refractivity contribution is 5.68. The van der Waals surface area contributed by atoms with Gasteiger partial charge < -0.3 is 9.47 Å². The number of nitrogens with one attached hydrogen (secondary N) is 1. The number of aromatic nitrogens is 4. The van der Waals surface area contributed by atoms with Gasteiger partial charge in [0.15, 0.2) is 17.3 Å². The average molecular weight is 308 g/mol. The molecule has 0 saturated heterocycles. The first-order valence-electron chi connectivity index (χ1n) is 7.11. The van der Waals surface area contributed by atoms with Gasteiger partial charge in [-0.1, -0.05) is 42.5 Å². The third-order valence-electron chi connectivity index (χ3n) is 3.21. The van der Waals surface area contributed by atoms with Crippen molar-refractivity contribution in [2.24, 2.45) is 0 Å². The Kier molecular flexibility index (Phi) is 4.63. The molecule has 0 aliphatic carbocycles. The molecule has 0 spiro atoms. The van der Waals surface area contributed by atoms with Gasteiger partial charge in [0.1, 0.15) is 6.61 Å². The summed E-state index contributed by atoms with van der Waals surface area (Å²) >= 11 is 0. The van der Waals surface area contributed by atoms with Gasteiger partial charge in [-0.3, -0.25) is 0 Å². The van der Waals surface area contributed by atoms with E-state index in [1.165, 1.54) is 0 Å². The number of nitrogens with zero attached hydrogens (tertiary/aromatic N) is 3. The van der Waals surface area contributed by atoms with Crippen LogP contribution in [0.5, 0.6) is 11.5 Å². The van der Waals surface area contributed by atoms with E-state index in [2.05, 4.69) is 20.6 Å². The molecule has 0 saturated carbocycles. The molecule has 6 nitrogen and oxygen atoms in total. The standard InChI is InChI=1S/C17H16N4O2/c1-22-16-11-13(8-10-17-18-20-21-19-17)7-9-15(16)23-12-14-5-3-2-4-6-14/h2-11H,12H2,1H3,(H,18,19,20,21)/b10-8+. The lowest BCUT2D eigenvalue weighted by atomic mass is 10.2. The van der Waals surface area contributed by atoms with Crippen LogP contribution in [0.3, 0.4) is 0 Å². The highest BCUT2D eigenvalue weighted by atomic mass is 16.5. The lowest BCUT2D eigenvalue weighted by Gasteiger charge is -2.11. The van der Waals surface area contributed by atoms with Gasteiger partial charge in [0.2, 0.25) is 0 Å². The van der Waals surface area contributed by atoms with Crippen LogP contribution >= 0.6 is 0 Å². The van der Waals surface area contributed by atoms with Gasteiger partial charge in [0.25, 0.3) is 0 Å². The van der Waals surface area contributed by atoms with Crippen molar-refractivity contribution in [1.82, 2.24) is 20.6 Å². The fraction of sp³-hybridized carbons (Fsp3) is 0.118. The summed E-state index contributed by atoms with van der Waals surface area (Å²) in [6, 6.07) is 15.7. The van der Waals surface area contributed by atoms with Crippen molar-refractivity contribution >= 4 is 12.2 Å². The van der Waals surface area contributed by atoms with Crippen molar-refractivity contribution in [3.05, 3.63) is 65.5 Å². The summed E-state index contributed by atoms with van der Waals surface area (Å²) in [7, 11) is 1.62. The maximum atomic E-state index is 5.83. The summed E-state index contributed by atoms with van der Waals surface area (Å²) in [5, 5.41) is 13.6. The molecule has 1 N–H and O–H groups in total. The Morgan fingerprint density at radius 1 is 1.04 bits per heavy atom. The van der Waals surface area contributed by atoms with Gasteiger partial charge >= 0.3 is 0 Å². The van der Waals surface area contributed by atoms with E-state index < -0.39 is 0 Å². The fourth-order valence-corrected chi connectivity index (χ4v) is 2.05. The monoisotopic (exact) mass is 308 g/mol. The average Bonchev–Trinajstić information content (AvgIpc) is 3.13. The molecule has 3 rings (SSSR count). The summed E-state index contributed by atoms with van der Waals surface area (Å²) in [4.78, 5) is 0. The molecule has 23 heavy (non-hydrogen) atoms. The van der Waals surface area contributed by atoms with Crippen molar-refractivity contribution < 1.29 is 9.47 Å². The minimum Gasteiger partial charge on any atom is -0.493 e. The molecule has 2 aromatic carbocycles. The maximum absolute atomic E-state index is 5.83. The molecule has 0 atom stereocenters. The van der Waals surface area contributed by atoms with Gasteiger partial charge in [-0.25, -0.2) is 0 Å². The van der Waals surface area contributed by atoms with Crippen LogP contribution in [0.25, 0.3) is 12.2 Å². The first kappa shape index (κ1) is 14.8. The molecule has 6 heteroatoms. The Morgan fingerprint density at radius 2 is 1.91 bits per heavy atom. The molecular weight excluding hydrogens is 292 g/mol. The van der Waals surface area contributed by atoms with Crippen LogP contribution in [0, 0.1) is 0 Å². The maximum Gasteiger partial charge on any atom is 0.197 e. The number of ether oxygens (including phenoxy) is 2. The van der Waals surface area contributed by atoms with E-state index in [0.717, 1.165) is 11.1 Å². The number of tetrazole rings is 1. The minimum atomic E-state index is 0.495. The molecule has 3 aromatic rings. The quantitative estimate of drug-likeness (QED) is 0.758. The van der Waals surface area contributed by atoms with E-state index in [1.54, 1.807) is 13.2 Å². The van der Waals surface area contributed by atoms with Gasteiger partial charge in [-0.05, 0) is 34.5 Å². The van der Waals surface area contributed by atoms with E-state index in [-0.39, 0.29) is 0 Å². The number of rotatable bonds is 6. The van der Waals surface area contributed by atoms with E-state index in [9.17, 15) is 0 Å². The Bertz CT molecular complexity index is 771. The molecule has 0 aliphatic rings. The van der Waals surface area contributed by atoms with Crippen LogP contribution in [-0.2, 0) is 6.61 Å². The first-order valence-corrected chi connectivity index (χ1v) is 7.11.